The van der Waals surface area contributed by atoms with E-state index in [0.717, 1.165) is 21.6 Å². The molecule has 0 saturated carbocycles. The van der Waals surface area contributed by atoms with Crippen LogP contribution < -0.4 is 15.4 Å². The van der Waals surface area contributed by atoms with Gasteiger partial charge in [0.2, 0.25) is 0 Å². The van der Waals surface area contributed by atoms with E-state index < -0.39 is 0 Å². The Morgan fingerprint density at radius 2 is 1.90 bits per heavy atom. The van der Waals surface area contributed by atoms with Crippen molar-refractivity contribution in [3.8, 4) is 5.75 Å². The highest BCUT2D eigenvalue weighted by Gasteiger charge is 2.14. The standard InChI is InChI=1S/C15H16BrN3O/c1-19(13-5-3-4-6-14(13)20-2)12-8-7-10(16)9-11(12)15(17)18/h3-9H,1-2H3,(H3,17,18). The third-order valence-electron chi connectivity index (χ3n) is 3.06. The van der Waals surface area contributed by atoms with E-state index in [1.165, 1.54) is 0 Å². The van der Waals surface area contributed by atoms with Crippen LogP contribution in [-0.4, -0.2) is 20.0 Å². The number of hydrogen-bond donors (Lipinski definition) is 2. The van der Waals surface area contributed by atoms with Crippen LogP contribution in [0.5, 0.6) is 5.75 Å². The van der Waals surface area contributed by atoms with Gasteiger partial charge in [-0.1, -0.05) is 28.1 Å². The lowest BCUT2D eigenvalue weighted by Crippen LogP contribution is -2.19. The molecule has 0 atom stereocenters. The Kier molecular flexibility index (Phi) is 4.29. The summed E-state index contributed by atoms with van der Waals surface area (Å²) < 4.78 is 6.26. The minimum Gasteiger partial charge on any atom is -0.495 e. The fourth-order valence-electron chi connectivity index (χ4n) is 2.05. The Balaban J connectivity index is 2.53. The zero-order valence-electron chi connectivity index (χ0n) is 11.4. The SMILES string of the molecule is COc1ccccc1N(C)c1ccc(Br)cc1C(=N)N. The zero-order chi connectivity index (χ0) is 14.7. The summed E-state index contributed by atoms with van der Waals surface area (Å²) in [6.45, 7) is 0. The van der Waals surface area contributed by atoms with Crippen molar-refractivity contribution < 1.29 is 4.74 Å². The molecule has 2 aromatic rings. The molecule has 0 bridgehead atoms. The molecular formula is C15H16BrN3O. The first-order valence-electron chi connectivity index (χ1n) is 6.05. The summed E-state index contributed by atoms with van der Waals surface area (Å²) in [7, 11) is 3.56. The molecule has 20 heavy (non-hydrogen) atoms. The number of rotatable bonds is 4. The lowest BCUT2D eigenvalue weighted by molar-refractivity contribution is 0.415. The fraction of sp³-hybridized carbons (Fsp3) is 0.133. The van der Waals surface area contributed by atoms with E-state index in [1.807, 2.05) is 54.4 Å². The molecule has 0 amide bonds. The number of benzene rings is 2. The molecule has 0 spiro atoms. The monoisotopic (exact) mass is 333 g/mol. The van der Waals surface area contributed by atoms with E-state index >= 15 is 0 Å². The van der Waals surface area contributed by atoms with E-state index in [2.05, 4.69) is 15.9 Å². The van der Waals surface area contributed by atoms with E-state index in [-0.39, 0.29) is 5.84 Å². The molecule has 0 radical (unpaired) electrons. The van der Waals surface area contributed by atoms with Crippen molar-refractivity contribution in [2.75, 3.05) is 19.1 Å². The second-order valence-electron chi connectivity index (χ2n) is 4.31. The largest absolute Gasteiger partial charge is 0.495 e. The third-order valence-corrected chi connectivity index (χ3v) is 3.55. The number of nitrogens with one attached hydrogen (secondary N) is 1. The molecule has 0 saturated heterocycles. The van der Waals surface area contributed by atoms with Gasteiger partial charge in [0.1, 0.15) is 11.6 Å². The van der Waals surface area contributed by atoms with Crippen LogP contribution >= 0.6 is 15.9 Å². The molecule has 0 aromatic heterocycles. The lowest BCUT2D eigenvalue weighted by Gasteiger charge is -2.24. The van der Waals surface area contributed by atoms with Gasteiger partial charge in [-0.15, -0.1) is 0 Å². The predicted molar refractivity (Wildman–Crippen MR) is 86.2 cm³/mol. The number of nitrogens with two attached hydrogens (primary N) is 1. The summed E-state index contributed by atoms with van der Waals surface area (Å²) >= 11 is 3.40. The molecule has 3 N–H and O–H groups in total. The quantitative estimate of drug-likeness (QED) is 0.664. The van der Waals surface area contributed by atoms with E-state index in [4.69, 9.17) is 15.9 Å². The van der Waals surface area contributed by atoms with E-state index in [1.54, 1.807) is 7.11 Å². The van der Waals surface area contributed by atoms with Crippen LogP contribution in [0, 0.1) is 5.41 Å². The molecule has 5 heteroatoms. The van der Waals surface area contributed by atoms with Gasteiger partial charge in [0.25, 0.3) is 0 Å². The van der Waals surface area contributed by atoms with Gasteiger partial charge in [-0.2, -0.15) is 0 Å². The van der Waals surface area contributed by atoms with Gasteiger partial charge in [0, 0.05) is 17.1 Å². The molecule has 0 unspecified atom stereocenters. The van der Waals surface area contributed by atoms with Crippen LogP contribution in [0.2, 0.25) is 0 Å². The van der Waals surface area contributed by atoms with Crippen molar-refractivity contribution in [1.82, 2.24) is 0 Å². The molecule has 0 fully saturated rings. The first-order chi connectivity index (χ1) is 9.54. The highest BCUT2D eigenvalue weighted by molar-refractivity contribution is 9.10. The molecule has 0 aliphatic heterocycles. The molecular weight excluding hydrogens is 318 g/mol. The van der Waals surface area contributed by atoms with Crippen molar-refractivity contribution >= 4 is 33.1 Å². The highest BCUT2D eigenvalue weighted by Crippen LogP contribution is 2.34. The Morgan fingerprint density at radius 1 is 1.20 bits per heavy atom. The molecule has 104 valence electrons. The minimum atomic E-state index is 0.0306. The van der Waals surface area contributed by atoms with Crippen LogP contribution in [0.4, 0.5) is 11.4 Å². The van der Waals surface area contributed by atoms with Gasteiger partial charge in [0.05, 0.1) is 18.5 Å². The van der Waals surface area contributed by atoms with Crippen molar-refractivity contribution in [1.29, 1.82) is 5.41 Å². The van der Waals surface area contributed by atoms with Gasteiger partial charge >= 0.3 is 0 Å². The third kappa shape index (κ3) is 2.77. The van der Waals surface area contributed by atoms with Gasteiger partial charge < -0.3 is 15.4 Å². The first kappa shape index (κ1) is 14.4. The molecule has 0 aliphatic carbocycles. The molecule has 0 heterocycles. The van der Waals surface area contributed by atoms with Crippen LogP contribution in [0.15, 0.2) is 46.9 Å². The highest BCUT2D eigenvalue weighted by atomic mass is 79.9. The van der Waals surface area contributed by atoms with Gasteiger partial charge in [-0.05, 0) is 30.3 Å². The number of nitrogens with zero attached hydrogens (tertiary/aromatic N) is 1. The fourth-order valence-corrected chi connectivity index (χ4v) is 2.41. The second kappa shape index (κ2) is 5.96. The van der Waals surface area contributed by atoms with Crippen LogP contribution in [0.1, 0.15) is 5.56 Å². The van der Waals surface area contributed by atoms with Crippen LogP contribution in [-0.2, 0) is 0 Å². The van der Waals surface area contributed by atoms with Gasteiger partial charge in [-0.3, -0.25) is 5.41 Å². The summed E-state index contributed by atoms with van der Waals surface area (Å²) in [6, 6.07) is 13.4. The Labute approximate surface area is 126 Å². The van der Waals surface area contributed by atoms with Crippen molar-refractivity contribution in [3.63, 3.8) is 0 Å². The first-order valence-corrected chi connectivity index (χ1v) is 6.84. The number of methoxy groups -OCH3 is 1. The Bertz CT molecular complexity index is 643. The molecule has 2 rings (SSSR count). The normalized spacial score (nSPS) is 10.2. The molecule has 2 aromatic carbocycles. The van der Waals surface area contributed by atoms with Crippen molar-refractivity contribution in [2.45, 2.75) is 0 Å². The Hall–Kier alpha value is -2.01. The van der Waals surface area contributed by atoms with Gasteiger partial charge in [0.15, 0.2) is 0 Å². The summed E-state index contributed by atoms with van der Waals surface area (Å²) in [5, 5.41) is 7.73. The number of anilines is 2. The number of hydrogen-bond acceptors (Lipinski definition) is 3. The maximum atomic E-state index is 7.73. The van der Waals surface area contributed by atoms with Crippen LogP contribution in [0.25, 0.3) is 0 Å². The van der Waals surface area contributed by atoms with E-state index in [9.17, 15) is 0 Å². The second-order valence-corrected chi connectivity index (χ2v) is 5.22. The van der Waals surface area contributed by atoms with Crippen molar-refractivity contribution in [2.24, 2.45) is 5.73 Å². The number of nitrogen functional groups attached to an aromatic ring is 1. The summed E-state index contributed by atoms with van der Waals surface area (Å²) in [5.41, 5.74) is 8.12. The number of halogens is 1. The molecule has 0 aliphatic rings. The van der Waals surface area contributed by atoms with Crippen molar-refractivity contribution in [3.05, 3.63) is 52.5 Å². The average Bonchev–Trinajstić information content (AvgIpc) is 2.46. The molecule has 4 nitrogen and oxygen atoms in total. The smallest absolute Gasteiger partial charge is 0.142 e. The topological polar surface area (TPSA) is 62.3 Å². The van der Waals surface area contributed by atoms with E-state index in [0.29, 0.717) is 5.56 Å². The predicted octanol–water partition coefficient (Wildman–Crippen LogP) is 3.51. The minimum absolute atomic E-state index is 0.0306. The average molecular weight is 334 g/mol. The number of amidine groups is 1. The summed E-state index contributed by atoms with van der Waals surface area (Å²) in [4.78, 5) is 1.96. The zero-order valence-corrected chi connectivity index (χ0v) is 12.9. The number of para-hydroxylation sites is 2. The Morgan fingerprint density at radius 3 is 2.55 bits per heavy atom. The lowest BCUT2D eigenvalue weighted by atomic mass is 10.1. The van der Waals surface area contributed by atoms with Crippen LogP contribution in [0.3, 0.4) is 0 Å². The number of ether oxygens (including phenoxy) is 1. The summed E-state index contributed by atoms with van der Waals surface area (Å²) in [5.74, 6) is 0.801. The van der Waals surface area contributed by atoms with Gasteiger partial charge in [-0.25, -0.2) is 0 Å². The summed E-state index contributed by atoms with van der Waals surface area (Å²) in [6.07, 6.45) is 0. The maximum Gasteiger partial charge on any atom is 0.142 e. The maximum absolute atomic E-state index is 7.73.